The summed E-state index contributed by atoms with van der Waals surface area (Å²) in [4.78, 5) is 24.2. The van der Waals surface area contributed by atoms with Crippen LogP contribution in [0.1, 0.15) is 13.8 Å². The largest absolute Gasteiger partial charge is 0.290 e. The molecule has 3 rings (SSSR count). The Morgan fingerprint density at radius 2 is 1.68 bits per heavy atom. The van der Waals surface area contributed by atoms with Gasteiger partial charge >= 0.3 is 0 Å². The molecule has 0 amide bonds. The molecule has 1 aromatic rings. The number of fused-ring (bicyclic) bond motifs is 1. The van der Waals surface area contributed by atoms with Crippen LogP contribution in [0, 0.1) is 5.92 Å². The molecule has 0 fully saturated rings. The van der Waals surface area contributed by atoms with Crippen LogP contribution in [0.15, 0.2) is 58.6 Å². The summed E-state index contributed by atoms with van der Waals surface area (Å²) in [5.74, 6) is -1.79. The average molecular weight is 317 g/mol. The van der Waals surface area contributed by atoms with Gasteiger partial charge in [0.25, 0.3) is 10.0 Å². The number of sulfonamides is 1. The molecule has 0 radical (unpaired) electrons. The smallest absolute Gasteiger partial charge is 0.264 e. The Kier molecular flexibility index (Phi) is 3.29. The van der Waals surface area contributed by atoms with Gasteiger partial charge in [-0.25, -0.2) is 8.42 Å². The normalized spacial score (nSPS) is 24.9. The van der Waals surface area contributed by atoms with Crippen molar-refractivity contribution in [3.05, 3.63) is 53.8 Å². The highest BCUT2D eigenvalue weighted by Gasteiger charge is 2.47. The minimum Gasteiger partial charge on any atom is -0.290 e. The zero-order valence-electron chi connectivity index (χ0n) is 12.2. The third-order valence-corrected chi connectivity index (χ3v) is 5.83. The summed E-state index contributed by atoms with van der Waals surface area (Å²) in [7, 11) is -3.76. The number of ketones is 2. The topological polar surface area (TPSA) is 71.5 Å². The molecule has 0 aromatic heterocycles. The van der Waals surface area contributed by atoms with E-state index in [2.05, 4.69) is 0 Å². The summed E-state index contributed by atoms with van der Waals surface area (Å²) in [6, 6.07) is 7.40. The van der Waals surface area contributed by atoms with Crippen LogP contribution in [-0.4, -0.2) is 30.3 Å². The maximum absolute atomic E-state index is 12.8. The second-order valence-electron chi connectivity index (χ2n) is 5.53. The number of benzene rings is 1. The summed E-state index contributed by atoms with van der Waals surface area (Å²) in [5, 5.41) is 0. The van der Waals surface area contributed by atoms with Gasteiger partial charge in [-0.3, -0.25) is 13.9 Å². The van der Waals surface area contributed by atoms with Crippen molar-refractivity contribution >= 4 is 21.6 Å². The van der Waals surface area contributed by atoms with Crippen molar-refractivity contribution in [2.75, 3.05) is 0 Å². The van der Waals surface area contributed by atoms with Gasteiger partial charge in [0.05, 0.1) is 16.9 Å². The monoisotopic (exact) mass is 317 g/mol. The van der Waals surface area contributed by atoms with Gasteiger partial charge in [-0.15, -0.1) is 0 Å². The molecule has 2 aliphatic rings. The highest BCUT2D eigenvalue weighted by atomic mass is 32.2. The molecule has 1 aromatic carbocycles. The molecule has 1 aliphatic carbocycles. The predicted molar refractivity (Wildman–Crippen MR) is 80.3 cm³/mol. The van der Waals surface area contributed by atoms with Crippen molar-refractivity contribution in [3.8, 4) is 0 Å². The second kappa shape index (κ2) is 4.91. The van der Waals surface area contributed by atoms with Crippen molar-refractivity contribution in [2.45, 2.75) is 24.8 Å². The Hall–Kier alpha value is -2.21. The molecule has 6 heteroatoms. The van der Waals surface area contributed by atoms with Crippen LogP contribution in [-0.2, 0) is 19.6 Å². The molecule has 1 heterocycles. The molecule has 0 saturated heterocycles. The summed E-state index contributed by atoms with van der Waals surface area (Å²) < 4.78 is 26.8. The fraction of sp³-hybridized carbons (Fsp3) is 0.250. The van der Waals surface area contributed by atoms with Gasteiger partial charge in [-0.05, 0) is 37.1 Å². The van der Waals surface area contributed by atoms with E-state index in [4.69, 9.17) is 0 Å². The van der Waals surface area contributed by atoms with Gasteiger partial charge in [0.15, 0.2) is 0 Å². The summed E-state index contributed by atoms with van der Waals surface area (Å²) >= 11 is 0. The van der Waals surface area contributed by atoms with Crippen LogP contribution in [0.3, 0.4) is 0 Å². The first-order chi connectivity index (χ1) is 10.3. The lowest BCUT2D eigenvalue weighted by atomic mass is 9.82. The first kappa shape index (κ1) is 14.7. The molecule has 5 nitrogen and oxygen atoms in total. The van der Waals surface area contributed by atoms with E-state index in [0.717, 1.165) is 0 Å². The molecule has 2 unspecified atom stereocenters. The Balaban J connectivity index is 2.10. The highest BCUT2D eigenvalue weighted by Crippen LogP contribution is 2.37. The standard InChI is InChI=1S/C16H15NO4S/c1-10-8-13-14(16(19)15(10)18)11(2)9-17(13)22(20,21)12-6-4-3-5-7-12/h3-9,13-14H,1-2H3. The number of hydrogen-bond donors (Lipinski definition) is 0. The van der Waals surface area contributed by atoms with Gasteiger partial charge in [0, 0.05) is 6.20 Å². The zero-order valence-corrected chi connectivity index (χ0v) is 13.0. The number of carbonyl (C=O) groups is 2. The lowest BCUT2D eigenvalue weighted by molar-refractivity contribution is -0.137. The van der Waals surface area contributed by atoms with E-state index in [1.165, 1.54) is 29.6 Å². The molecule has 114 valence electrons. The van der Waals surface area contributed by atoms with Crippen molar-refractivity contribution in [1.82, 2.24) is 4.31 Å². The predicted octanol–water partition coefficient (Wildman–Crippen LogP) is 1.68. The van der Waals surface area contributed by atoms with Gasteiger partial charge in [-0.1, -0.05) is 24.3 Å². The highest BCUT2D eigenvalue weighted by molar-refractivity contribution is 7.89. The van der Waals surface area contributed by atoms with Crippen molar-refractivity contribution in [2.24, 2.45) is 5.92 Å². The second-order valence-corrected chi connectivity index (χ2v) is 7.38. The fourth-order valence-electron chi connectivity index (χ4n) is 2.93. The molecule has 0 N–H and O–H groups in total. The molecule has 0 spiro atoms. The lowest BCUT2D eigenvalue weighted by Gasteiger charge is -2.29. The number of nitrogens with zero attached hydrogens (tertiary/aromatic N) is 1. The average Bonchev–Trinajstić information content (AvgIpc) is 2.83. The minimum atomic E-state index is -3.76. The van der Waals surface area contributed by atoms with E-state index in [0.29, 0.717) is 11.1 Å². The van der Waals surface area contributed by atoms with Gasteiger partial charge < -0.3 is 0 Å². The number of allylic oxidation sites excluding steroid dienone is 1. The Labute approximate surface area is 129 Å². The van der Waals surface area contributed by atoms with E-state index in [1.54, 1.807) is 31.2 Å². The summed E-state index contributed by atoms with van der Waals surface area (Å²) in [5.41, 5.74) is 0.884. The van der Waals surface area contributed by atoms with Crippen LogP contribution in [0.4, 0.5) is 0 Å². The minimum absolute atomic E-state index is 0.162. The fourth-order valence-corrected chi connectivity index (χ4v) is 4.48. The van der Waals surface area contributed by atoms with Crippen molar-refractivity contribution in [1.29, 1.82) is 0 Å². The molecular weight excluding hydrogens is 302 g/mol. The Morgan fingerprint density at radius 1 is 1.05 bits per heavy atom. The molecule has 2 atom stereocenters. The van der Waals surface area contributed by atoms with E-state index in [9.17, 15) is 18.0 Å². The van der Waals surface area contributed by atoms with Crippen LogP contribution in [0.5, 0.6) is 0 Å². The van der Waals surface area contributed by atoms with Crippen molar-refractivity contribution in [3.63, 3.8) is 0 Å². The first-order valence-electron chi connectivity index (χ1n) is 6.88. The van der Waals surface area contributed by atoms with Crippen molar-refractivity contribution < 1.29 is 18.0 Å². The molecular formula is C16H15NO4S. The van der Waals surface area contributed by atoms with E-state index < -0.39 is 33.5 Å². The van der Waals surface area contributed by atoms with E-state index >= 15 is 0 Å². The lowest BCUT2D eigenvalue weighted by Crippen LogP contribution is -2.43. The van der Waals surface area contributed by atoms with Gasteiger partial charge in [0.1, 0.15) is 0 Å². The summed E-state index contributed by atoms with van der Waals surface area (Å²) in [6.07, 6.45) is 3.03. The number of carbonyl (C=O) groups excluding carboxylic acids is 2. The SMILES string of the molecule is CC1=CC2C(C(=O)C1=O)C(C)=CN2S(=O)(=O)c1ccccc1. The number of rotatable bonds is 2. The van der Waals surface area contributed by atoms with E-state index in [-0.39, 0.29) is 4.90 Å². The third-order valence-electron chi connectivity index (χ3n) is 4.06. The molecule has 1 aliphatic heterocycles. The van der Waals surface area contributed by atoms with Crippen LogP contribution in [0.25, 0.3) is 0 Å². The molecule has 0 saturated carbocycles. The Morgan fingerprint density at radius 3 is 2.32 bits per heavy atom. The van der Waals surface area contributed by atoms with Crippen LogP contribution < -0.4 is 0 Å². The zero-order chi connectivity index (χ0) is 16.1. The maximum atomic E-state index is 12.8. The van der Waals surface area contributed by atoms with Gasteiger partial charge in [0.2, 0.25) is 11.6 Å². The molecule has 22 heavy (non-hydrogen) atoms. The maximum Gasteiger partial charge on any atom is 0.264 e. The number of Topliss-reactive ketones (excluding diaryl/α,β-unsaturated/α-hetero) is 2. The first-order valence-corrected chi connectivity index (χ1v) is 8.32. The van der Waals surface area contributed by atoms with E-state index in [1.807, 2.05) is 0 Å². The van der Waals surface area contributed by atoms with Crippen LogP contribution in [0.2, 0.25) is 0 Å². The third kappa shape index (κ3) is 2.02. The number of hydrogen-bond acceptors (Lipinski definition) is 4. The molecule has 0 bridgehead atoms. The summed E-state index contributed by atoms with van der Waals surface area (Å²) in [6.45, 7) is 3.22. The Bertz CT molecular complexity index is 821. The van der Waals surface area contributed by atoms with Crippen LogP contribution >= 0.6 is 0 Å². The quantitative estimate of drug-likeness (QED) is 0.778. The van der Waals surface area contributed by atoms with Gasteiger partial charge in [-0.2, -0.15) is 0 Å².